The number of nitrogens with zero attached hydrogens (tertiary/aromatic N) is 3. The van der Waals surface area contributed by atoms with E-state index in [1.807, 2.05) is 9.80 Å². The van der Waals surface area contributed by atoms with Crippen molar-refractivity contribution in [2.24, 2.45) is 5.92 Å². The molecule has 0 aromatic carbocycles. The summed E-state index contributed by atoms with van der Waals surface area (Å²) < 4.78 is 5.35. The van der Waals surface area contributed by atoms with E-state index in [4.69, 9.17) is 4.74 Å². The van der Waals surface area contributed by atoms with E-state index in [9.17, 15) is 14.7 Å². The van der Waals surface area contributed by atoms with Gasteiger partial charge in [-0.1, -0.05) is 6.42 Å². The molecule has 7 heteroatoms. The summed E-state index contributed by atoms with van der Waals surface area (Å²) in [6.07, 6.45) is 5.43. The first-order chi connectivity index (χ1) is 12.1. The Kier molecular flexibility index (Phi) is 4.33. The van der Waals surface area contributed by atoms with Crippen molar-refractivity contribution in [3.63, 3.8) is 0 Å². The Morgan fingerprint density at radius 1 is 1.20 bits per heavy atom. The topological polar surface area (TPSA) is 83.0 Å². The number of anilines is 1. The number of amides is 1. The molecule has 1 aliphatic carbocycles. The number of aromatic nitrogens is 1. The molecule has 1 saturated carbocycles. The number of morpholine rings is 1. The number of fused-ring (bicyclic) bond motifs is 1. The number of hydrogen-bond acceptors (Lipinski definition) is 5. The number of carbonyl (C=O) groups is 2. The Labute approximate surface area is 146 Å². The number of hydrogen-bond donors (Lipinski definition) is 1. The molecule has 0 radical (unpaired) electrons. The Bertz CT molecular complexity index is 696. The van der Waals surface area contributed by atoms with E-state index in [1.165, 1.54) is 0 Å². The summed E-state index contributed by atoms with van der Waals surface area (Å²) in [7, 11) is 0. The second kappa shape index (κ2) is 6.63. The molecular weight excluding hydrogens is 322 g/mol. The number of carboxylic acids is 1. The van der Waals surface area contributed by atoms with Crippen molar-refractivity contribution in [2.45, 2.75) is 32.2 Å². The van der Waals surface area contributed by atoms with Crippen LogP contribution in [-0.4, -0.2) is 59.7 Å². The molecule has 1 amide bonds. The summed E-state index contributed by atoms with van der Waals surface area (Å²) >= 11 is 0. The van der Waals surface area contributed by atoms with Crippen molar-refractivity contribution >= 4 is 17.7 Å². The molecule has 2 fully saturated rings. The third kappa shape index (κ3) is 2.97. The highest BCUT2D eigenvalue weighted by Crippen LogP contribution is 2.33. The van der Waals surface area contributed by atoms with Gasteiger partial charge in [-0.25, -0.2) is 9.78 Å². The lowest BCUT2D eigenvalue weighted by molar-refractivity contribution is -0.139. The summed E-state index contributed by atoms with van der Waals surface area (Å²) in [4.78, 5) is 32.7. The molecule has 0 atom stereocenters. The van der Waals surface area contributed by atoms with Gasteiger partial charge in [0.25, 0.3) is 0 Å². The van der Waals surface area contributed by atoms with Crippen molar-refractivity contribution in [2.75, 3.05) is 37.7 Å². The predicted octanol–water partition coefficient (Wildman–Crippen LogP) is 1.30. The molecule has 0 spiro atoms. The van der Waals surface area contributed by atoms with Crippen molar-refractivity contribution in [1.82, 2.24) is 9.88 Å². The van der Waals surface area contributed by atoms with Gasteiger partial charge in [0.1, 0.15) is 11.4 Å². The van der Waals surface area contributed by atoms with Crippen molar-refractivity contribution < 1.29 is 19.4 Å². The molecule has 1 aromatic rings. The number of pyridine rings is 1. The monoisotopic (exact) mass is 345 g/mol. The smallest absolute Gasteiger partial charge is 0.339 e. The minimum Gasteiger partial charge on any atom is -0.478 e. The molecule has 4 rings (SSSR count). The minimum absolute atomic E-state index is 0.168. The summed E-state index contributed by atoms with van der Waals surface area (Å²) in [5.41, 5.74) is 2.00. The van der Waals surface area contributed by atoms with Gasteiger partial charge < -0.3 is 19.6 Å². The fourth-order valence-corrected chi connectivity index (χ4v) is 3.87. The van der Waals surface area contributed by atoms with E-state index in [-0.39, 0.29) is 11.8 Å². The first-order valence-corrected chi connectivity index (χ1v) is 9.00. The average molecular weight is 345 g/mol. The lowest BCUT2D eigenvalue weighted by Crippen LogP contribution is -2.43. The third-order valence-corrected chi connectivity index (χ3v) is 5.54. The first kappa shape index (κ1) is 16.3. The Hall–Kier alpha value is -2.15. The van der Waals surface area contributed by atoms with Crippen LogP contribution < -0.4 is 4.90 Å². The number of aromatic carboxylic acids is 1. The molecule has 3 aliphatic rings. The Balaban J connectivity index is 1.62. The van der Waals surface area contributed by atoms with Crippen LogP contribution >= 0.6 is 0 Å². The van der Waals surface area contributed by atoms with Crippen LogP contribution in [-0.2, 0) is 22.5 Å². The zero-order valence-electron chi connectivity index (χ0n) is 14.2. The van der Waals surface area contributed by atoms with Crippen LogP contribution in [0.25, 0.3) is 0 Å². The maximum absolute atomic E-state index is 12.5. The lowest BCUT2D eigenvalue weighted by atomic mass is 9.83. The molecule has 2 aliphatic heterocycles. The maximum Gasteiger partial charge on any atom is 0.339 e. The molecule has 0 bridgehead atoms. The van der Waals surface area contributed by atoms with E-state index in [0.29, 0.717) is 57.2 Å². The van der Waals surface area contributed by atoms with Crippen molar-refractivity contribution in [3.8, 4) is 0 Å². The molecule has 134 valence electrons. The number of rotatable bonds is 3. The van der Waals surface area contributed by atoms with E-state index in [2.05, 4.69) is 4.98 Å². The summed E-state index contributed by atoms with van der Waals surface area (Å²) in [5, 5.41) is 9.78. The van der Waals surface area contributed by atoms with Gasteiger partial charge in [0, 0.05) is 38.3 Å². The number of ether oxygens (including phenoxy) is 1. The quantitative estimate of drug-likeness (QED) is 0.889. The summed E-state index contributed by atoms with van der Waals surface area (Å²) in [5.74, 6) is -0.0231. The highest BCUT2D eigenvalue weighted by molar-refractivity contribution is 5.95. The minimum atomic E-state index is -0.940. The Morgan fingerprint density at radius 3 is 2.60 bits per heavy atom. The molecule has 7 nitrogen and oxygen atoms in total. The van der Waals surface area contributed by atoms with Crippen LogP contribution in [0, 0.1) is 5.92 Å². The van der Waals surface area contributed by atoms with Crippen molar-refractivity contribution in [1.29, 1.82) is 0 Å². The van der Waals surface area contributed by atoms with E-state index < -0.39 is 5.97 Å². The van der Waals surface area contributed by atoms with Gasteiger partial charge in [0.15, 0.2) is 0 Å². The first-order valence-electron chi connectivity index (χ1n) is 9.00. The maximum atomic E-state index is 12.5. The Morgan fingerprint density at radius 2 is 1.96 bits per heavy atom. The number of carboxylic acid groups (broad SMARTS) is 1. The number of carbonyl (C=O) groups excluding carboxylic acids is 1. The van der Waals surface area contributed by atoms with Crippen LogP contribution in [0.4, 0.5) is 5.82 Å². The third-order valence-electron chi connectivity index (χ3n) is 5.54. The van der Waals surface area contributed by atoms with Crippen LogP contribution in [0.15, 0.2) is 6.20 Å². The van der Waals surface area contributed by atoms with Gasteiger partial charge in [-0.15, -0.1) is 0 Å². The van der Waals surface area contributed by atoms with Crippen LogP contribution in [0.3, 0.4) is 0 Å². The zero-order valence-corrected chi connectivity index (χ0v) is 14.2. The van der Waals surface area contributed by atoms with Crippen LogP contribution in [0.1, 0.15) is 40.7 Å². The normalized spacial score (nSPS) is 20.8. The van der Waals surface area contributed by atoms with Gasteiger partial charge >= 0.3 is 5.97 Å². The van der Waals surface area contributed by atoms with Crippen LogP contribution in [0.2, 0.25) is 0 Å². The molecule has 1 aromatic heterocycles. The standard InChI is InChI=1S/C18H23N3O4/c22-17(12-2-1-3-12)21-5-4-14-13(11-21)10-19-16(15(14)18(23)24)20-6-8-25-9-7-20/h10,12H,1-9,11H2,(H,23,24). The summed E-state index contributed by atoms with van der Waals surface area (Å²) in [6.45, 7) is 3.54. The van der Waals surface area contributed by atoms with Gasteiger partial charge in [0.05, 0.1) is 13.2 Å². The SMILES string of the molecule is O=C(O)c1c(N2CCOCC2)ncc2c1CCN(C(=O)C1CCC1)C2. The molecule has 1 saturated heterocycles. The fraction of sp³-hybridized carbons (Fsp3) is 0.611. The lowest BCUT2D eigenvalue weighted by Gasteiger charge is -2.36. The van der Waals surface area contributed by atoms with E-state index in [1.54, 1.807) is 6.20 Å². The van der Waals surface area contributed by atoms with E-state index >= 15 is 0 Å². The second-order valence-electron chi connectivity index (χ2n) is 7.00. The second-order valence-corrected chi connectivity index (χ2v) is 7.00. The predicted molar refractivity (Wildman–Crippen MR) is 90.7 cm³/mol. The van der Waals surface area contributed by atoms with E-state index in [0.717, 1.165) is 30.4 Å². The average Bonchev–Trinajstić information content (AvgIpc) is 2.59. The zero-order chi connectivity index (χ0) is 17.4. The highest BCUT2D eigenvalue weighted by Gasteiger charge is 2.33. The molecule has 25 heavy (non-hydrogen) atoms. The van der Waals surface area contributed by atoms with Gasteiger partial charge in [0.2, 0.25) is 5.91 Å². The fourth-order valence-electron chi connectivity index (χ4n) is 3.87. The van der Waals surface area contributed by atoms with Gasteiger partial charge in [-0.3, -0.25) is 4.79 Å². The molecule has 0 unspecified atom stereocenters. The largest absolute Gasteiger partial charge is 0.478 e. The van der Waals surface area contributed by atoms with Gasteiger partial charge in [-0.05, 0) is 30.4 Å². The molecule has 1 N–H and O–H groups in total. The van der Waals surface area contributed by atoms with Crippen molar-refractivity contribution in [3.05, 3.63) is 22.9 Å². The highest BCUT2D eigenvalue weighted by atomic mass is 16.5. The molecule has 3 heterocycles. The summed E-state index contributed by atoms with van der Waals surface area (Å²) in [6, 6.07) is 0. The van der Waals surface area contributed by atoms with Crippen LogP contribution in [0.5, 0.6) is 0 Å². The van der Waals surface area contributed by atoms with Gasteiger partial charge in [-0.2, -0.15) is 0 Å². The molecular formula is C18H23N3O4.